The van der Waals surface area contributed by atoms with Crippen LogP contribution >= 0.6 is 12.4 Å². The zero-order chi connectivity index (χ0) is 16.2. The minimum absolute atomic E-state index is 0. The molecule has 1 aliphatic heterocycles. The molecule has 0 bridgehead atoms. The third-order valence-electron chi connectivity index (χ3n) is 4.07. The van der Waals surface area contributed by atoms with Gasteiger partial charge in [-0.25, -0.2) is 4.98 Å². The highest BCUT2D eigenvalue weighted by atomic mass is 35.5. The number of piperazine rings is 1. The van der Waals surface area contributed by atoms with E-state index in [-0.39, 0.29) is 24.4 Å². The van der Waals surface area contributed by atoms with Gasteiger partial charge < -0.3 is 19.5 Å². The summed E-state index contributed by atoms with van der Waals surface area (Å²) in [5.74, 6) is 1.71. The fraction of sp³-hybridized carbons (Fsp3) is 0.412. The van der Waals surface area contributed by atoms with Crippen molar-refractivity contribution < 1.29 is 9.53 Å². The van der Waals surface area contributed by atoms with Crippen LogP contribution in [0.1, 0.15) is 29.1 Å². The van der Waals surface area contributed by atoms with Crippen LogP contribution in [0, 0.1) is 0 Å². The summed E-state index contributed by atoms with van der Waals surface area (Å²) in [7, 11) is 1.95. The van der Waals surface area contributed by atoms with E-state index in [4.69, 9.17) is 4.74 Å². The highest BCUT2D eigenvalue weighted by Crippen LogP contribution is 2.23. The van der Waals surface area contributed by atoms with E-state index in [1.807, 2.05) is 53.9 Å². The first kappa shape index (κ1) is 18.3. The predicted molar refractivity (Wildman–Crippen MR) is 94.7 cm³/mol. The Morgan fingerprint density at radius 1 is 1.38 bits per heavy atom. The molecule has 3 rings (SSSR count). The van der Waals surface area contributed by atoms with E-state index < -0.39 is 0 Å². The number of aromatic nitrogens is 2. The number of nitrogens with zero attached hydrogens (tertiary/aromatic N) is 3. The fourth-order valence-electron chi connectivity index (χ4n) is 2.90. The molecular formula is C17H23ClN4O2. The van der Waals surface area contributed by atoms with Gasteiger partial charge in [-0.05, 0) is 31.2 Å². The summed E-state index contributed by atoms with van der Waals surface area (Å²) in [6.45, 7) is 4.74. The van der Waals surface area contributed by atoms with Crippen LogP contribution < -0.4 is 10.1 Å². The monoisotopic (exact) mass is 350 g/mol. The summed E-state index contributed by atoms with van der Waals surface area (Å²) in [4.78, 5) is 19.2. The van der Waals surface area contributed by atoms with Crippen molar-refractivity contribution >= 4 is 18.3 Å². The Labute approximate surface area is 148 Å². The molecule has 2 aromatic rings. The standard InChI is InChI=1S/C17H22N4O2.ClH/c1-3-23-14-6-4-13(5-7-14)17(22)21-11-8-18-12-15(21)16-19-9-10-20(16)2;/h4-7,9-10,15,18H,3,8,11-12H2,1-2H3;1H. The Kier molecular flexibility index (Phi) is 6.23. The van der Waals surface area contributed by atoms with Crippen molar-refractivity contribution in [3.63, 3.8) is 0 Å². The molecule has 0 saturated carbocycles. The minimum Gasteiger partial charge on any atom is -0.494 e. The molecule has 0 aliphatic carbocycles. The molecule has 6 nitrogen and oxygen atoms in total. The Hall–Kier alpha value is -2.05. The molecule has 1 aromatic heterocycles. The Morgan fingerprint density at radius 3 is 2.75 bits per heavy atom. The number of carbonyl (C=O) groups is 1. The van der Waals surface area contributed by atoms with Crippen molar-refractivity contribution in [1.29, 1.82) is 0 Å². The normalized spacial score (nSPS) is 17.2. The van der Waals surface area contributed by atoms with Gasteiger partial charge in [0.15, 0.2) is 0 Å². The van der Waals surface area contributed by atoms with Crippen molar-refractivity contribution in [3.05, 3.63) is 48.0 Å². The molecular weight excluding hydrogens is 328 g/mol. The van der Waals surface area contributed by atoms with Crippen molar-refractivity contribution in [2.24, 2.45) is 7.05 Å². The number of carbonyl (C=O) groups excluding carboxylic acids is 1. The number of benzene rings is 1. The van der Waals surface area contributed by atoms with Crippen LogP contribution in [0.2, 0.25) is 0 Å². The summed E-state index contributed by atoms with van der Waals surface area (Å²) >= 11 is 0. The maximum Gasteiger partial charge on any atom is 0.254 e. The lowest BCUT2D eigenvalue weighted by Gasteiger charge is -2.35. The first-order valence-corrected chi connectivity index (χ1v) is 7.92. The van der Waals surface area contributed by atoms with E-state index in [1.165, 1.54) is 0 Å². The third kappa shape index (κ3) is 3.71. The van der Waals surface area contributed by atoms with Gasteiger partial charge in [0.05, 0.1) is 6.61 Å². The first-order valence-electron chi connectivity index (χ1n) is 7.92. The van der Waals surface area contributed by atoms with E-state index in [2.05, 4.69) is 10.3 Å². The molecule has 1 saturated heterocycles. The van der Waals surface area contributed by atoms with Gasteiger partial charge in [-0.15, -0.1) is 12.4 Å². The van der Waals surface area contributed by atoms with E-state index in [9.17, 15) is 4.79 Å². The topological polar surface area (TPSA) is 59.4 Å². The maximum absolute atomic E-state index is 12.9. The lowest BCUT2D eigenvalue weighted by Crippen LogP contribution is -2.49. The van der Waals surface area contributed by atoms with Crippen LogP contribution in [0.25, 0.3) is 0 Å². The molecule has 1 atom stereocenters. The van der Waals surface area contributed by atoms with Gasteiger partial charge in [0.2, 0.25) is 0 Å². The second-order valence-electron chi connectivity index (χ2n) is 5.57. The largest absolute Gasteiger partial charge is 0.494 e. The molecule has 24 heavy (non-hydrogen) atoms. The summed E-state index contributed by atoms with van der Waals surface area (Å²) in [6.07, 6.45) is 3.67. The quantitative estimate of drug-likeness (QED) is 0.916. The second kappa shape index (κ2) is 8.17. The summed E-state index contributed by atoms with van der Waals surface area (Å²) in [5, 5.41) is 3.35. The lowest BCUT2D eigenvalue weighted by atomic mass is 10.1. The number of rotatable bonds is 4. The molecule has 1 N–H and O–H groups in total. The van der Waals surface area contributed by atoms with Gasteiger partial charge in [-0.2, -0.15) is 0 Å². The molecule has 2 heterocycles. The maximum atomic E-state index is 12.9. The molecule has 130 valence electrons. The highest BCUT2D eigenvalue weighted by Gasteiger charge is 2.30. The minimum atomic E-state index is -0.0529. The third-order valence-corrected chi connectivity index (χ3v) is 4.07. The highest BCUT2D eigenvalue weighted by molar-refractivity contribution is 5.94. The van der Waals surface area contributed by atoms with Crippen molar-refractivity contribution in [1.82, 2.24) is 19.8 Å². The van der Waals surface area contributed by atoms with Gasteiger partial charge in [-0.1, -0.05) is 0 Å². The number of amides is 1. The van der Waals surface area contributed by atoms with Gasteiger partial charge in [0, 0.05) is 44.6 Å². The number of ether oxygens (including phenoxy) is 1. The molecule has 7 heteroatoms. The zero-order valence-electron chi connectivity index (χ0n) is 13.9. The molecule has 1 amide bonds. The number of aryl methyl sites for hydroxylation is 1. The molecule has 1 aromatic carbocycles. The summed E-state index contributed by atoms with van der Waals surface area (Å²) < 4.78 is 7.40. The van der Waals surface area contributed by atoms with Gasteiger partial charge in [0.1, 0.15) is 17.6 Å². The molecule has 1 unspecified atom stereocenters. The summed E-state index contributed by atoms with van der Waals surface area (Å²) in [5.41, 5.74) is 0.676. The number of hydrogen-bond donors (Lipinski definition) is 1. The fourth-order valence-corrected chi connectivity index (χ4v) is 2.90. The van der Waals surface area contributed by atoms with Gasteiger partial charge >= 0.3 is 0 Å². The second-order valence-corrected chi connectivity index (χ2v) is 5.57. The van der Waals surface area contributed by atoms with Crippen LogP contribution in [0.15, 0.2) is 36.7 Å². The van der Waals surface area contributed by atoms with Crippen LogP contribution in [-0.2, 0) is 7.05 Å². The molecule has 1 fully saturated rings. The van der Waals surface area contributed by atoms with Gasteiger partial charge in [0.25, 0.3) is 5.91 Å². The van der Waals surface area contributed by atoms with Crippen LogP contribution in [0.5, 0.6) is 5.75 Å². The first-order chi connectivity index (χ1) is 11.2. The number of imidazole rings is 1. The molecule has 0 radical (unpaired) electrons. The average molecular weight is 351 g/mol. The lowest BCUT2D eigenvalue weighted by molar-refractivity contribution is 0.0621. The zero-order valence-corrected chi connectivity index (χ0v) is 14.8. The van der Waals surface area contributed by atoms with E-state index in [0.29, 0.717) is 25.3 Å². The van der Waals surface area contributed by atoms with E-state index in [0.717, 1.165) is 18.1 Å². The summed E-state index contributed by atoms with van der Waals surface area (Å²) in [6, 6.07) is 7.28. The van der Waals surface area contributed by atoms with Gasteiger partial charge in [-0.3, -0.25) is 4.79 Å². The van der Waals surface area contributed by atoms with Crippen molar-refractivity contribution in [3.8, 4) is 5.75 Å². The Bertz CT molecular complexity index is 671. The predicted octanol–water partition coefficient (Wildman–Crippen LogP) is 2.03. The number of nitrogens with one attached hydrogen (secondary N) is 1. The van der Waals surface area contributed by atoms with Crippen molar-refractivity contribution in [2.45, 2.75) is 13.0 Å². The van der Waals surface area contributed by atoms with Crippen molar-refractivity contribution in [2.75, 3.05) is 26.2 Å². The SMILES string of the molecule is CCOc1ccc(C(=O)N2CCNCC2c2nccn2C)cc1.Cl. The van der Waals surface area contributed by atoms with E-state index in [1.54, 1.807) is 6.20 Å². The van der Waals surface area contributed by atoms with E-state index >= 15 is 0 Å². The Balaban J connectivity index is 0.00000208. The Morgan fingerprint density at radius 2 is 2.12 bits per heavy atom. The average Bonchev–Trinajstić information content (AvgIpc) is 3.01. The van der Waals surface area contributed by atoms with Crippen LogP contribution in [0.3, 0.4) is 0 Å². The van der Waals surface area contributed by atoms with Crippen LogP contribution in [-0.4, -0.2) is 46.6 Å². The molecule has 1 aliphatic rings. The number of halogens is 1. The smallest absolute Gasteiger partial charge is 0.254 e. The number of hydrogen-bond acceptors (Lipinski definition) is 4. The molecule has 0 spiro atoms. The van der Waals surface area contributed by atoms with Crippen LogP contribution in [0.4, 0.5) is 0 Å².